The van der Waals surface area contributed by atoms with Crippen molar-refractivity contribution in [3.8, 4) is 0 Å². The quantitative estimate of drug-likeness (QED) is 0.0144. The molecule has 24 heteroatoms. The van der Waals surface area contributed by atoms with Crippen molar-refractivity contribution < 1.29 is 69.0 Å². The smallest absolute Gasteiger partial charge is 0.396 e. The molecule has 6 saturated heterocycles. The second kappa shape index (κ2) is 59.9. The molecule has 6 aromatic carbocycles. The van der Waals surface area contributed by atoms with Crippen LogP contribution in [0.25, 0.3) is 0 Å². The van der Waals surface area contributed by atoms with Crippen molar-refractivity contribution in [1.29, 1.82) is 0 Å². The Balaban J connectivity index is 0.000000239. The number of halogens is 12. The molecule has 6 unspecified atom stereocenters. The highest BCUT2D eigenvalue weighted by Crippen LogP contribution is 2.44. The number of piperidine rings is 4. The minimum atomic E-state index is -4.29. The molecule has 0 bridgehead atoms. The molecule has 5 N–H and O–H groups in total. The number of aliphatic hydroxyl groups is 3. The van der Waals surface area contributed by atoms with Gasteiger partial charge in [-0.3, -0.25) is 9.80 Å². The highest BCUT2D eigenvalue weighted by molar-refractivity contribution is 6.31. The lowest BCUT2D eigenvalue weighted by atomic mass is 9.76. The van der Waals surface area contributed by atoms with Crippen LogP contribution in [-0.2, 0) is 65.2 Å². The summed E-state index contributed by atoms with van der Waals surface area (Å²) in [5.74, 6) is 3.81. The number of ether oxygens (including phenoxy) is 3. The molecular weight excluding hydrogens is 1920 g/mol. The monoisotopic (exact) mass is 2110 g/mol. The molecule has 0 saturated carbocycles. The van der Waals surface area contributed by atoms with E-state index in [2.05, 4.69) is 210 Å². The molecule has 0 radical (unpaired) electrons. The van der Waals surface area contributed by atoms with E-state index in [1.165, 1.54) is 129 Å². The van der Waals surface area contributed by atoms with Gasteiger partial charge in [0.1, 0.15) is 0 Å². The van der Waals surface area contributed by atoms with Gasteiger partial charge >= 0.3 is 18.5 Å². The van der Waals surface area contributed by atoms with Crippen LogP contribution in [0.4, 0.5) is 39.5 Å². The van der Waals surface area contributed by atoms with E-state index >= 15 is 0 Å². The number of likely N-dealkylation sites (tertiary alicyclic amines) is 4. The van der Waals surface area contributed by atoms with Crippen LogP contribution < -0.4 is 10.6 Å². The summed E-state index contributed by atoms with van der Waals surface area (Å²) in [4.78, 5) is 10.1. The van der Waals surface area contributed by atoms with Crippen LogP contribution in [-0.4, -0.2) is 196 Å². The van der Waals surface area contributed by atoms with E-state index in [4.69, 9.17) is 49.0 Å². The van der Waals surface area contributed by atoms with E-state index in [0.717, 1.165) is 237 Å². The summed E-state index contributed by atoms with van der Waals surface area (Å²) in [6.45, 7) is 61.8. The first kappa shape index (κ1) is 127. The number of aliphatic hydroxyl groups excluding tert-OH is 2. The second-order valence-electron chi connectivity index (χ2n) is 47.4. The van der Waals surface area contributed by atoms with Crippen LogP contribution in [0.3, 0.4) is 0 Å². The fraction of sp³-hybridized carbons (Fsp3) is 0.672. The van der Waals surface area contributed by atoms with Crippen LogP contribution in [0.15, 0.2) is 169 Å². The zero-order valence-electron chi connectivity index (χ0n) is 92.8. The van der Waals surface area contributed by atoms with Gasteiger partial charge in [0, 0.05) is 92.5 Å². The van der Waals surface area contributed by atoms with Crippen molar-refractivity contribution in [2.45, 2.75) is 380 Å². The van der Waals surface area contributed by atoms with Gasteiger partial charge in [-0.25, -0.2) is 0 Å². The van der Waals surface area contributed by atoms with Crippen LogP contribution in [0.1, 0.15) is 337 Å². The summed E-state index contributed by atoms with van der Waals surface area (Å²) in [7, 11) is 1.79. The molecule has 0 aliphatic carbocycles. The lowest BCUT2D eigenvalue weighted by molar-refractivity contribution is -0.138. The number of allylic oxidation sites excluding steroid dienone is 2. The van der Waals surface area contributed by atoms with Crippen LogP contribution in [0, 0.1) is 29.6 Å². The number of hydrogen-bond donors (Lipinski definition) is 5. The van der Waals surface area contributed by atoms with E-state index in [-0.39, 0.29) is 45.2 Å². The third-order valence-electron chi connectivity index (χ3n) is 32.4. The van der Waals surface area contributed by atoms with Crippen molar-refractivity contribution in [1.82, 2.24) is 30.2 Å². The molecule has 12 nitrogen and oxygen atoms in total. The van der Waals surface area contributed by atoms with E-state index in [0.29, 0.717) is 36.2 Å². The van der Waals surface area contributed by atoms with Crippen molar-refractivity contribution in [2.24, 2.45) is 29.6 Å². The maximum atomic E-state index is 13.0. The van der Waals surface area contributed by atoms with E-state index in [1.807, 2.05) is 50.2 Å². The predicted molar refractivity (Wildman–Crippen MR) is 591 cm³/mol. The zero-order valence-corrected chi connectivity index (χ0v) is 95.1. The average molecular weight is 2110 g/mol. The Morgan fingerprint density at radius 3 is 0.938 bits per heavy atom. The molecule has 6 aliphatic heterocycles. The van der Waals surface area contributed by atoms with E-state index in [1.54, 1.807) is 43.5 Å². The topological polar surface area (TPSA) is 125 Å². The molecule has 6 fully saturated rings. The van der Waals surface area contributed by atoms with Gasteiger partial charge in [0.2, 0.25) is 0 Å². The number of nitrogens with one attached hydrogen (secondary N) is 2. The fourth-order valence-corrected chi connectivity index (χ4v) is 22.4. The molecule has 824 valence electrons. The molecule has 6 atom stereocenters. The third-order valence-corrected chi connectivity index (χ3v) is 33.1. The second-order valence-corrected chi connectivity index (χ2v) is 48.7. The molecule has 146 heavy (non-hydrogen) atoms. The summed E-state index contributed by atoms with van der Waals surface area (Å²) >= 11 is 18.0. The minimum Gasteiger partial charge on any atom is -0.396 e. The van der Waals surface area contributed by atoms with Gasteiger partial charge in [-0.2, -0.15) is 39.5 Å². The Morgan fingerprint density at radius 1 is 0.390 bits per heavy atom. The summed E-state index contributed by atoms with van der Waals surface area (Å²) in [6, 6.07) is 43.0. The maximum absolute atomic E-state index is 13.0. The molecule has 0 amide bonds. The number of benzene rings is 6. The van der Waals surface area contributed by atoms with Gasteiger partial charge in [-0.1, -0.05) is 228 Å². The SMILES string of the molecule is CC(C)=CC(CC(C)(C)c1ccc(C(F)(F)F)cc1)N1CCC(C2CCOCC2)CC1.CC(C)=CC(CC(C)(C)c1ccc(Cl)cc1)N1CCC(C2CCOCC2)CC1.CC(CC(C)(C)c1ccc(C(F)(F)F)cc1)N1CCC(C)(O)CC1.CC(CC(C)(C)c1ccc(C(F)(F)F)cc1)N1CCC(CO)CC1.CCC(CCNCCC(C)(C)c1ccc(Cl)cc1)OC.CCC(O)CCNCCC(C)(C)c1ccc(Cl)cc1. The number of nitrogens with zero attached hydrogens (tertiary/aromatic N) is 4. The lowest BCUT2D eigenvalue weighted by Crippen LogP contribution is -2.47. The molecule has 0 spiro atoms. The number of methoxy groups -OCH3 is 1. The predicted octanol–water partition coefficient (Wildman–Crippen LogP) is 30.6. The largest absolute Gasteiger partial charge is 0.416 e. The number of rotatable bonds is 38. The van der Waals surface area contributed by atoms with Crippen molar-refractivity contribution in [3.05, 3.63) is 234 Å². The molecular formula is C122H186Cl3F9N6O6. The molecule has 6 heterocycles. The highest BCUT2D eigenvalue weighted by atomic mass is 35.5. The highest BCUT2D eigenvalue weighted by Gasteiger charge is 2.41. The van der Waals surface area contributed by atoms with Crippen LogP contribution >= 0.6 is 34.8 Å². The average Bonchev–Trinajstić information content (AvgIpc) is 0.813. The molecule has 0 aromatic heterocycles. The maximum Gasteiger partial charge on any atom is 0.416 e. The first-order valence-electron chi connectivity index (χ1n) is 54.6. The van der Waals surface area contributed by atoms with Crippen molar-refractivity contribution in [3.63, 3.8) is 0 Å². The Hall–Kier alpha value is -5.44. The van der Waals surface area contributed by atoms with Crippen molar-refractivity contribution in [2.75, 3.05) is 119 Å². The Labute approximate surface area is 890 Å². The van der Waals surface area contributed by atoms with Crippen molar-refractivity contribution >= 4 is 34.8 Å². The van der Waals surface area contributed by atoms with Gasteiger partial charge in [-0.15, -0.1) is 0 Å². The first-order chi connectivity index (χ1) is 68.4. The summed E-state index contributed by atoms with van der Waals surface area (Å²) in [5.41, 5.74) is 7.05. The first-order valence-corrected chi connectivity index (χ1v) is 55.7. The molecule has 12 rings (SSSR count). The molecule has 6 aromatic rings. The van der Waals surface area contributed by atoms with Crippen LogP contribution in [0.2, 0.25) is 15.1 Å². The van der Waals surface area contributed by atoms with E-state index < -0.39 is 40.8 Å². The third kappa shape index (κ3) is 43.8. The number of hydrogen-bond acceptors (Lipinski definition) is 12. The summed E-state index contributed by atoms with van der Waals surface area (Å²) < 4.78 is 132. The Kier molecular flexibility index (Phi) is 52.3. The van der Waals surface area contributed by atoms with E-state index in [9.17, 15) is 54.8 Å². The molecule has 6 aliphatic rings. The lowest BCUT2D eigenvalue weighted by Gasteiger charge is -2.42. The van der Waals surface area contributed by atoms with Gasteiger partial charge in [0.15, 0.2) is 0 Å². The zero-order chi connectivity index (χ0) is 108. The summed E-state index contributed by atoms with van der Waals surface area (Å²) in [5, 5.41) is 38.1. The summed E-state index contributed by atoms with van der Waals surface area (Å²) in [6.07, 6.45) is 15.6. The van der Waals surface area contributed by atoms with Gasteiger partial charge in [-0.05, 0) is 423 Å². The number of alkyl halides is 9. The standard InChI is InChI=1S/C26H38F3NO.C25H38ClNO.2C19H28F3NO.C17H28ClNO.C16H26ClNO/c1-19(2)17-24(30-13-9-20(10-14-30)21-11-15-31-16-12-21)18-25(3,4)22-5-7-23(8-6-22)26(27,28)29;1-19(2)17-24(18-25(3,4)22-5-7-23(26)8-6-22)27-13-9-20(10-14-27)21-11-15-28-16-12-21;1-14(23-11-9-18(4,24)10-12-23)13-17(2,3)15-5-7-16(8-6-15)19(20,21)22;1-14(23-10-8-15(13-24)9-11-23)12-18(2,3)16-4-6-17(7-5-16)19(20,21)22;1-5-16(20-4)10-12-19-13-11-17(2,3)14-6-8-15(18)9-7-14;1-4-15(19)9-11-18-12-10-16(2,3)13-5-7-14(17)8-6-13/h5-8,17,20-21,24H,9-16,18H2,1-4H3;5-8,17,20-21,24H,9-16,18H2,1-4H3;5-8,14,24H,9-13H2,1-4H3;4-7,14-15,24H,8-13H2,1-3H3;6-9,16,19H,5,10-13H2,1-4H3;5-8,15,18-19H,4,9-12H2,1-3H3. The normalized spacial score (nSPS) is 18.8. The minimum absolute atomic E-state index is 0.124. The Bertz CT molecular complexity index is 4660. The van der Waals surface area contributed by atoms with Gasteiger partial charge in [0.05, 0.1) is 34.5 Å². The van der Waals surface area contributed by atoms with Crippen LogP contribution in [0.5, 0.6) is 0 Å². The van der Waals surface area contributed by atoms with Gasteiger partial charge < -0.3 is 50.0 Å². The fourth-order valence-electron chi connectivity index (χ4n) is 22.1. The Morgan fingerprint density at radius 2 is 0.658 bits per heavy atom. The van der Waals surface area contributed by atoms with Gasteiger partial charge in [0.25, 0.3) is 0 Å².